The topological polar surface area (TPSA) is 40.6 Å². The Hall–Kier alpha value is -3.15. The standard InChI is InChI=1S/C25H28N4O/c1-28(2)12-13-29(18-20-7-4-3-5-8-20)19-21-9-6-10-22(15-21)23-16-24-25(27-17-23)26-11-14-30-24/h3-11,14-17H,12-13,18-19H2,1-2H3,(H,26,27). The highest BCUT2D eigenvalue weighted by molar-refractivity contribution is 5.69. The Balaban J connectivity index is 1.52. The van der Waals surface area contributed by atoms with Gasteiger partial charge in [0.15, 0.2) is 11.6 Å². The average Bonchev–Trinajstić information content (AvgIpc) is 2.78. The van der Waals surface area contributed by atoms with Crippen LogP contribution in [0.5, 0.6) is 5.75 Å². The summed E-state index contributed by atoms with van der Waals surface area (Å²) in [6.07, 6.45) is 5.27. The fourth-order valence-electron chi connectivity index (χ4n) is 3.53. The summed E-state index contributed by atoms with van der Waals surface area (Å²) in [5.74, 6) is 1.49. The zero-order valence-electron chi connectivity index (χ0n) is 17.6. The number of fused-ring (bicyclic) bond motifs is 1. The van der Waals surface area contributed by atoms with Crippen molar-refractivity contribution in [1.82, 2.24) is 14.8 Å². The summed E-state index contributed by atoms with van der Waals surface area (Å²) in [6.45, 7) is 3.87. The number of ether oxygens (including phenoxy) is 1. The minimum atomic E-state index is 0.745. The van der Waals surface area contributed by atoms with E-state index in [1.54, 1.807) is 12.5 Å². The van der Waals surface area contributed by atoms with Gasteiger partial charge in [0.05, 0.1) is 0 Å². The van der Waals surface area contributed by atoms with E-state index in [4.69, 9.17) is 4.74 Å². The van der Waals surface area contributed by atoms with Crippen LogP contribution in [0.1, 0.15) is 11.1 Å². The minimum Gasteiger partial charge on any atom is -0.460 e. The van der Waals surface area contributed by atoms with E-state index in [0.717, 1.165) is 48.9 Å². The molecule has 3 aromatic rings. The van der Waals surface area contributed by atoms with Gasteiger partial charge in [-0.2, -0.15) is 0 Å². The fraction of sp³-hybridized carbons (Fsp3) is 0.240. The van der Waals surface area contributed by atoms with Crippen LogP contribution in [0.2, 0.25) is 0 Å². The first-order valence-corrected chi connectivity index (χ1v) is 10.3. The summed E-state index contributed by atoms with van der Waals surface area (Å²) < 4.78 is 5.58. The van der Waals surface area contributed by atoms with Gasteiger partial charge >= 0.3 is 0 Å². The summed E-state index contributed by atoms with van der Waals surface area (Å²) >= 11 is 0. The molecule has 0 spiro atoms. The van der Waals surface area contributed by atoms with Gasteiger partial charge in [-0.05, 0) is 42.9 Å². The normalized spacial score (nSPS) is 12.5. The highest BCUT2D eigenvalue weighted by Crippen LogP contribution is 2.31. The molecule has 154 valence electrons. The molecular weight excluding hydrogens is 372 g/mol. The lowest BCUT2D eigenvalue weighted by Gasteiger charge is -2.24. The SMILES string of the molecule is CN(C)CCN(Cc1ccccc1)Cc1cccc(-c2cnc3c(c2)OC=CN3)c1. The molecule has 0 aliphatic carbocycles. The van der Waals surface area contributed by atoms with Crippen molar-refractivity contribution in [2.45, 2.75) is 13.1 Å². The van der Waals surface area contributed by atoms with E-state index in [2.05, 4.69) is 88.8 Å². The zero-order chi connectivity index (χ0) is 20.8. The van der Waals surface area contributed by atoms with E-state index in [1.165, 1.54) is 11.1 Å². The number of hydrogen-bond donors (Lipinski definition) is 1. The van der Waals surface area contributed by atoms with Gasteiger partial charge in [-0.1, -0.05) is 48.5 Å². The zero-order valence-corrected chi connectivity index (χ0v) is 17.6. The van der Waals surface area contributed by atoms with E-state index in [1.807, 2.05) is 12.3 Å². The van der Waals surface area contributed by atoms with Gasteiger partial charge in [-0.15, -0.1) is 0 Å². The third kappa shape index (κ3) is 5.26. The second-order valence-electron chi connectivity index (χ2n) is 7.84. The second-order valence-corrected chi connectivity index (χ2v) is 7.84. The fourth-order valence-corrected chi connectivity index (χ4v) is 3.53. The van der Waals surface area contributed by atoms with Gasteiger partial charge < -0.3 is 15.0 Å². The molecule has 30 heavy (non-hydrogen) atoms. The Morgan fingerprint density at radius 3 is 2.50 bits per heavy atom. The molecule has 1 N–H and O–H groups in total. The maximum absolute atomic E-state index is 5.58. The van der Waals surface area contributed by atoms with Crippen molar-refractivity contribution in [3.63, 3.8) is 0 Å². The molecule has 2 heterocycles. The molecule has 0 bridgehead atoms. The maximum Gasteiger partial charge on any atom is 0.173 e. The van der Waals surface area contributed by atoms with Crippen LogP contribution in [0.15, 0.2) is 79.3 Å². The molecule has 0 unspecified atom stereocenters. The van der Waals surface area contributed by atoms with Gasteiger partial charge in [0.1, 0.15) is 6.26 Å². The molecule has 1 aromatic heterocycles. The van der Waals surface area contributed by atoms with Crippen LogP contribution >= 0.6 is 0 Å². The van der Waals surface area contributed by atoms with Gasteiger partial charge in [0, 0.05) is 44.1 Å². The molecule has 2 aromatic carbocycles. The van der Waals surface area contributed by atoms with E-state index < -0.39 is 0 Å². The Bertz CT molecular complexity index is 1000. The van der Waals surface area contributed by atoms with E-state index >= 15 is 0 Å². The van der Waals surface area contributed by atoms with Gasteiger partial charge in [-0.3, -0.25) is 4.90 Å². The summed E-state index contributed by atoms with van der Waals surface area (Å²) in [5, 5.41) is 3.10. The predicted octanol–water partition coefficient (Wildman–Crippen LogP) is 4.59. The molecule has 1 aliphatic rings. The van der Waals surface area contributed by atoms with Crippen molar-refractivity contribution < 1.29 is 4.74 Å². The second kappa shape index (κ2) is 9.57. The number of hydrogen-bond acceptors (Lipinski definition) is 5. The molecule has 5 heteroatoms. The van der Waals surface area contributed by atoms with Crippen LogP contribution in [0.4, 0.5) is 5.82 Å². The number of benzene rings is 2. The van der Waals surface area contributed by atoms with Crippen molar-refractivity contribution in [1.29, 1.82) is 0 Å². The molecule has 0 saturated carbocycles. The summed E-state index contributed by atoms with van der Waals surface area (Å²) in [4.78, 5) is 9.22. The monoisotopic (exact) mass is 400 g/mol. The quantitative estimate of drug-likeness (QED) is 0.599. The van der Waals surface area contributed by atoms with Crippen molar-refractivity contribution in [3.8, 4) is 16.9 Å². The third-order valence-corrected chi connectivity index (χ3v) is 5.11. The molecule has 1 aliphatic heterocycles. The lowest BCUT2D eigenvalue weighted by molar-refractivity contribution is 0.226. The number of rotatable bonds is 8. The number of nitrogens with zero attached hydrogens (tertiary/aromatic N) is 3. The van der Waals surface area contributed by atoms with Crippen molar-refractivity contribution in [3.05, 3.63) is 90.4 Å². The van der Waals surface area contributed by atoms with E-state index in [-0.39, 0.29) is 0 Å². The van der Waals surface area contributed by atoms with Crippen LogP contribution < -0.4 is 10.1 Å². The lowest BCUT2D eigenvalue weighted by Crippen LogP contribution is -2.31. The highest BCUT2D eigenvalue weighted by Gasteiger charge is 2.12. The van der Waals surface area contributed by atoms with Gasteiger partial charge in [0.25, 0.3) is 0 Å². The lowest BCUT2D eigenvalue weighted by atomic mass is 10.0. The summed E-state index contributed by atoms with van der Waals surface area (Å²) in [7, 11) is 4.24. The summed E-state index contributed by atoms with van der Waals surface area (Å²) in [5.41, 5.74) is 4.83. The van der Waals surface area contributed by atoms with Crippen molar-refractivity contribution >= 4 is 5.82 Å². The molecular formula is C25H28N4O. The third-order valence-electron chi connectivity index (χ3n) is 5.11. The van der Waals surface area contributed by atoms with Crippen LogP contribution in [0.25, 0.3) is 11.1 Å². The number of likely N-dealkylation sites (N-methyl/N-ethyl adjacent to an activating group) is 1. The number of anilines is 1. The van der Waals surface area contributed by atoms with Gasteiger partial charge in [0.2, 0.25) is 0 Å². The predicted molar refractivity (Wildman–Crippen MR) is 122 cm³/mol. The first-order chi connectivity index (χ1) is 14.7. The van der Waals surface area contributed by atoms with E-state index in [0.29, 0.717) is 0 Å². The molecule has 0 atom stereocenters. The Kier molecular flexibility index (Phi) is 6.42. The number of aromatic nitrogens is 1. The Morgan fingerprint density at radius 1 is 0.867 bits per heavy atom. The highest BCUT2D eigenvalue weighted by atomic mass is 16.5. The van der Waals surface area contributed by atoms with Crippen LogP contribution in [-0.2, 0) is 13.1 Å². The minimum absolute atomic E-state index is 0.745. The smallest absolute Gasteiger partial charge is 0.173 e. The van der Waals surface area contributed by atoms with Gasteiger partial charge in [-0.25, -0.2) is 4.98 Å². The van der Waals surface area contributed by atoms with Crippen LogP contribution in [-0.4, -0.2) is 42.0 Å². The molecule has 0 radical (unpaired) electrons. The molecule has 0 fully saturated rings. The van der Waals surface area contributed by atoms with Crippen molar-refractivity contribution in [2.24, 2.45) is 0 Å². The van der Waals surface area contributed by atoms with Crippen LogP contribution in [0, 0.1) is 0 Å². The largest absolute Gasteiger partial charge is 0.460 e. The molecule has 0 amide bonds. The summed E-state index contributed by atoms with van der Waals surface area (Å²) in [6, 6.07) is 21.4. The Morgan fingerprint density at radius 2 is 1.67 bits per heavy atom. The average molecular weight is 401 g/mol. The molecule has 4 rings (SSSR count). The van der Waals surface area contributed by atoms with E-state index in [9.17, 15) is 0 Å². The first-order valence-electron chi connectivity index (χ1n) is 10.3. The molecule has 5 nitrogen and oxygen atoms in total. The number of pyridine rings is 1. The molecule has 0 saturated heterocycles. The maximum atomic E-state index is 5.58. The number of nitrogens with one attached hydrogen (secondary N) is 1. The van der Waals surface area contributed by atoms with Crippen LogP contribution in [0.3, 0.4) is 0 Å². The van der Waals surface area contributed by atoms with Crippen molar-refractivity contribution in [2.75, 3.05) is 32.5 Å². The Labute approximate surface area is 178 Å². The first kappa shape index (κ1) is 20.1.